The molecule has 0 spiro atoms. The molecule has 1 saturated carbocycles. The molecule has 1 aromatic carbocycles. The molecule has 1 aromatic rings. The van der Waals surface area contributed by atoms with Gasteiger partial charge in [-0.3, -0.25) is 4.21 Å². The van der Waals surface area contributed by atoms with Crippen molar-refractivity contribution >= 4 is 34.0 Å². The summed E-state index contributed by atoms with van der Waals surface area (Å²) in [5.41, 5.74) is -1.36. The van der Waals surface area contributed by atoms with Gasteiger partial charge in [0.2, 0.25) is 3.67 Å². The third kappa shape index (κ3) is 3.24. The third-order valence-electron chi connectivity index (χ3n) is 4.74. The van der Waals surface area contributed by atoms with Crippen LogP contribution in [0.2, 0.25) is 0 Å². The number of alkyl halides is 2. The lowest BCUT2D eigenvalue weighted by atomic mass is 9.67. The molecule has 2 nitrogen and oxygen atoms in total. The summed E-state index contributed by atoms with van der Waals surface area (Å²) < 4.78 is 11.2. The molecule has 1 unspecified atom stereocenters. The standard InChI is InChI=1S/C17H24Cl2O2S/c1-12(2)15-10-9-13(3)11-16(15,20)17(18,19)22(21)14-7-5-4-6-8-14/h4-8,12-13,15,20H,9-11H2,1-3H3/t13-,15+,16+,22?/m1/s1. The Morgan fingerprint density at radius 2 is 1.86 bits per heavy atom. The van der Waals surface area contributed by atoms with Gasteiger partial charge in [0.05, 0.1) is 10.8 Å². The molecule has 1 aliphatic rings. The van der Waals surface area contributed by atoms with E-state index in [2.05, 4.69) is 20.8 Å². The fourth-order valence-electron chi connectivity index (χ4n) is 3.56. The minimum absolute atomic E-state index is 0.0636. The number of rotatable bonds is 4. The van der Waals surface area contributed by atoms with E-state index in [4.69, 9.17) is 23.2 Å². The molecule has 0 bridgehead atoms. The van der Waals surface area contributed by atoms with E-state index in [0.717, 1.165) is 12.8 Å². The van der Waals surface area contributed by atoms with Crippen LogP contribution in [0.15, 0.2) is 35.2 Å². The first-order valence-electron chi connectivity index (χ1n) is 7.77. The number of halogens is 2. The van der Waals surface area contributed by atoms with E-state index in [1.165, 1.54) is 0 Å². The minimum atomic E-state index is -1.72. The van der Waals surface area contributed by atoms with Gasteiger partial charge in [-0.15, -0.1) is 0 Å². The van der Waals surface area contributed by atoms with Crippen molar-refractivity contribution < 1.29 is 9.32 Å². The molecule has 0 radical (unpaired) electrons. The maximum absolute atomic E-state index is 12.9. The van der Waals surface area contributed by atoms with Crippen LogP contribution in [0.4, 0.5) is 0 Å². The fourth-order valence-corrected chi connectivity index (χ4v) is 5.78. The molecule has 4 atom stereocenters. The number of benzene rings is 1. The Morgan fingerprint density at radius 3 is 2.41 bits per heavy atom. The topological polar surface area (TPSA) is 37.3 Å². The molecule has 22 heavy (non-hydrogen) atoms. The average Bonchev–Trinajstić information content (AvgIpc) is 2.46. The van der Waals surface area contributed by atoms with E-state index >= 15 is 0 Å². The van der Waals surface area contributed by atoms with E-state index in [1.54, 1.807) is 24.3 Å². The lowest BCUT2D eigenvalue weighted by molar-refractivity contribution is -0.0763. The van der Waals surface area contributed by atoms with E-state index in [1.807, 2.05) is 6.07 Å². The van der Waals surface area contributed by atoms with Crippen LogP contribution in [-0.2, 0) is 10.8 Å². The fraction of sp³-hybridized carbons (Fsp3) is 0.647. The Kier molecular flexibility index (Phi) is 5.64. The Labute approximate surface area is 145 Å². The number of hydrogen-bond acceptors (Lipinski definition) is 2. The van der Waals surface area contributed by atoms with Gasteiger partial charge in [0, 0.05) is 4.90 Å². The van der Waals surface area contributed by atoms with Gasteiger partial charge in [0.1, 0.15) is 5.60 Å². The van der Waals surface area contributed by atoms with E-state index in [0.29, 0.717) is 17.2 Å². The first-order chi connectivity index (χ1) is 10.2. The zero-order valence-electron chi connectivity index (χ0n) is 13.3. The van der Waals surface area contributed by atoms with E-state index < -0.39 is 20.1 Å². The number of aliphatic hydroxyl groups is 1. The highest BCUT2D eigenvalue weighted by atomic mass is 35.5. The SMILES string of the molecule is CC(C)[C@@H]1CC[C@@H](C)C[C@@]1(O)C(Cl)(Cl)S(=O)c1ccccc1. The summed E-state index contributed by atoms with van der Waals surface area (Å²) in [6, 6.07) is 8.90. The van der Waals surface area contributed by atoms with Crippen molar-refractivity contribution in [3.05, 3.63) is 30.3 Å². The lowest BCUT2D eigenvalue weighted by Gasteiger charge is -2.49. The first kappa shape index (κ1) is 18.3. The third-order valence-corrected chi connectivity index (χ3v) is 7.76. The van der Waals surface area contributed by atoms with Crippen LogP contribution >= 0.6 is 23.2 Å². The summed E-state index contributed by atoms with van der Waals surface area (Å²) >= 11 is 13.1. The molecule has 1 N–H and O–H groups in total. The quantitative estimate of drug-likeness (QED) is 0.784. The van der Waals surface area contributed by atoms with Gasteiger partial charge in [-0.2, -0.15) is 0 Å². The molecule has 2 rings (SSSR count). The Morgan fingerprint density at radius 1 is 1.27 bits per heavy atom. The molecule has 0 amide bonds. The van der Waals surface area contributed by atoms with Crippen molar-refractivity contribution in [3.8, 4) is 0 Å². The van der Waals surface area contributed by atoms with Crippen LogP contribution in [0.3, 0.4) is 0 Å². The maximum atomic E-state index is 12.9. The minimum Gasteiger partial charge on any atom is -0.385 e. The predicted octanol–water partition coefficient (Wildman–Crippen LogP) is 4.75. The van der Waals surface area contributed by atoms with Crippen LogP contribution < -0.4 is 0 Å². The Bertz CT molecular complexity index is 533. The van der Waals surface area contributed by atoms with E-state index in [9.17, 15) is 9.32 Å². The summed E-state index contributed by atoms with van der Waals surface area (Å²) in [6.07, 6.45) is 2.36. The lowest BCUT2D eigenvalue weighted by Crippen LogP contribution is -2.58. The van der Waals surface area contributed by atoms with Gasteiger partial charge in [-0.25, -0.2) is 0 Å². The van der Waals surface area contributed by atoms with Gasteiger partial charge < -0.3 is 5.11 Å². The molecule has 0 heterocycles. The summed E-state index contributed by atoms with van der Waals surface area (Å²) in [5.74, 6) is 0.471. The van der Waals surface area contributed by atoms with Crippen LogP contribution in [0, 0.1) is 17.8 Å². The maximum Gasteiger partial charge on any atom is 0.224 e. The number of hydrogen-bond donors (Lipinski definition) is 1. The van der Waals surface area contributed by atoms with Crippen molar-refractivity contribution in [2.24, 2.45) is 17.8 Å². The van der Waals surface area contributed by atoms with Gasteiger partial charge in [-0.1, -0.05) is 68.6 Å². The van der Waals surface area contributed by atoms with Crippen LogP contribution in [0.5, 0.6) is 0 Å². The molecule has 1 fully saturated rings. The summed E-state index contributed by atoms with van der Waals surface area (Å²) in [5, 5.41) is 11.4. The van der Waals surface area contributed by atoms with E-state index in [-0.39, 0.29) is 11.8 Å². The highest BCUT2D eigenvalue weighted by Crippen LogP contribution is 2.53. The Balaban J connectivity index is 2.41. The molecular weight excluding hydrogens is 339 g/mol. The second-order valence-corrected chi connectivity index (χ2v) is 10.2. The molecule has 1 aliphatic carbocycles. The van der Waals surface area contributed by atoms with Crippen molar-refractivity contribution in [3.63, 3.8) is 0 Å². The van der Waals surface area contributed by atoms with Crippen molar-refractivity contribution in [2.45, 2.75) is 54.2 Å². The second-order valence-electron chi connectivity index (χ2n) is 6.76. The van der Waals surface area contributed by atoms with Gasteiger partial charge >= 0.3 is 0 Å². The largest absolute Gasteiger partial charge is 0.385 e. The summed E-state index contributed by atoms with van der Waals surface area (Å²) in [7, 11) is -1.70. The second kappa shape index (κ2) is 6.80. The zero-order valence-corrected chi connectivity index (χ0v) is 15.6. The van der Waals surface area contributed by atoms with Gasteiger partial charge in [-0.05, 0) is 42.7 Å². The summed E-state index contributed by atoms with van der Waals surface area (Å²) in [4.78, 5) is 0.543. The molecule has 0 aliphatic heterocycles. The Hall–Kier alpha value is -0.0900. The zero-order chi connectivity index (χ0) is 16.5. The first-order valence-corrected chi connectivity index (χ1v) is 9.68. The van der Waals surface area contributed by atoms with Gasteiger partial charge in [0.15, 0.2) is 0 Å². The monoisotopic (exact) mass is 362 g/mol. The van der Waals surface area contributed by atoms with Crippen molar-refractivity contribution in [2.75, 3.05) is 0 Å². The summed E-state index contributed by atoms with van der Waals surface area (Å²) in [6.45, 7) is 6.19. The molecular formula is C17H24Cl2O2S. The van der Waals surface area contributed by atoms with Crippen molar-refractivity contribution in [1.29, 1.82) is 0 Å². The molecule has 124 valence electrons. The predicted molar refractivity (Wildman–Crippen MR) is 93.6 cm³/mol. The van der Waals surface area contributed by atoms with Crippen molar-refractivity contribution in [1.82, 2.24) is 0 Å². The molecule has 0 saturated heterocycles. The smallest absolute Gasteiger partial charge is 0.224 e. The van der Waals surface area contributed by atoms with Crippen LogP contribution in [0.25, 0.3) is 0 Å². The highest BCUT2D eigenvalue weighted by molar-refractivity contribution is 7.89. The van der Waals surface area contributed by atoms with Crippen LogP contribution in [0.1, 0.15) is 40.0 Å². The highest BCUT2D eigenvalue weighted by Gasteiger charge is 2.59. The average molecular weight is 363 g/mol. The normalized spacial score (nSPS) is 31.2. The molecule has 0 aromatic heterocycles. The van der Waals surface area contributed by atoms with Crippen LogP contribution in [-0.4, -0.2) is 18.6 Å². The molecule has 5 heteroatoms. The van der Waals surface area contributed by atoms with Gasteiger partial charge in [0.25, 0.3) is 0 Å².